The van der Waals surface area contributed by atoms with Crippen molar-refractivity contribution >= 4 is 0 Å². The summed E-state index contributed by atoms with van der Waals surface area (Å²) in [5.41, 5.74) is 1.72. The van der Waals surface area contributed by atoms with Crippen LogP contribution < -0.4 is 4.74 Å². The summed E-state index contributed by atoms with van der Waals surface area (Å²) >= 11 is 0. The summed E-state index contributed by atoms with van der Waals surface area (Å²) < 4.78 is 21.5. The normalized spacial score (nSPS) is 13.1. The predicted molar refractivity (Wildman–Crippen MR) is 71.3 cm³/mol. The lowest BCUT2D eigenvalue weighted by Crippen LogP contribution is -1.96. The zero-order valence-corrected chi connectivity index (χ0v) is 10.2. The number of hydrogen-bond donors (Lipinski definition) is 0. The molecule has 0 heterocycles. The molecule has 0 aliphatic heterocycles. The van der Waals surface area contributed by atoms with E-state index in [0.29, 0.717) is 17.2 Å². The fraction of sp³-hybridized carbons (Fsp3) is 0.250. The third kappa shape index (κ3) is 3.35. The van der Waals surface area contributed by atoms with Crippen LogP contribution in [0.1, 0.15) is 33.6 Å². The number of ether oxygens (including phenoxy) is 1. The summed E-state index contributed by atoms with van der Waals surface area (Å²) in [6.07, 6.45) is 0. The molecule has 2 rings (SSSR count). The van der Waals surface area contributed by atoms with Gasteiger partial charge >= 0.3 is 0 Å². The maximum Gasteiger partial charge on any atom is 0.119 e. The molecule has 0 N–H and O–H groups in total. The van der Waals surface area contributed by atoms with Gasteiger partial charge in [0.05, 0.1) is 2.74 Å². The first-order valence-electron chi connectivity index (χ1n) is 6.83. The van der Waals surface area contributed by atoms with Crippen LogP contribution in [0.4, 0.5) is 0 Å². The van der Waals surface area contributed by atoms with Crippen molar-refractivity contribution in [3.63, 3.8) is 0 Å². The van der Waals surface area contributed by atoms with Gasteiger partial charge in [-0.3, -0.25) is 0 Å². The maximum atomic E-state index is 8.03. The molecule has 0 amide bonds. The predicted octanol–water partition coefficient (Wildman–Crippen LogP) is 4.39. The van der Waals surface area contributed by atoms with Crippen molar-refractivity contribution in [2.24, 2.45) is 0 Å². The minimum atomic E-state index is -1.82. The lowest BCUT2D eigenvalue weighted by atomic mass is 10.0. The van der Waals surface area contributed by atoms with Gasteiger partial charge in [0.1, 0.15) is 12.3 Å². The summed E-state index contributed by atoms with van der Waals surface area (Å²) in [4.78, 5) is 0. The summed E-state index contributed by atoms with van der Waals surface area (Å²) in [6.45, 7) is 2.41. The highest BCUT2D eigenvalue weighted by Crippen LogP contribution is 2.16. The van der Waals surface area contributed by atoms with E-state index in [2.05, 4.69) is 13.8 Å². The van der Waals surface area contributed by atoms with Crippen LogP contribution in [0.2, 0.25) is 0 Å². The number of hydrogen-bond acceptors (Lipinski definition) is 1. The fourth-order valence-corrected chi connectivity index (χ4v) is 1.54. The lowest BCUT2D eigenvalue weighted by molar-refractivity contribution is 0.306. The second-order valence-corrected chi connectivity index (χ2v) is 4.29. The molecule has 1 nitrogen and oxygen atoms in total. The van der Waals surface area contributed by atoms with E-state index in [9.17, 15) is 0 Å². The largest absolute Gasteiger partial charge is 0.489 e. The lowest BCUT2D eigenvalue weighted by Gasteiger charge is -2.08. The highest BCUT2D eigenvalue weighted by molar-refractivity contribution is 5.26. The third-order valence-corrected chi connectivity index (χ3v) is 2.61. The van der Waals surface area contributed by atoms with Crippen molar-refractivity contribution in [2.75, 3.05) is 0 Å². The van der Waals surface area contributed by atoms with Gasteiger partial charge in [0, 0.05) is 0 Å². The van der Waals surface area contributed by atoms with Gasteiger partial charge in [0.2, 0.25) is 0 Å². The Labute approximate surface area is 106 Å². The molecule has 0 fully saturated rings. The maximum absolute atomic E-state index is 8.03. The monoisotopic (exact) mass is 228 g/mol. The van der Waals surface area contributed by atoms with Gasteiger partial charge in [0.25, 0.3) is 0 Å². The molecular weight excluding hydrogens is 208 g/mol. The first-order valence-corrected chi connectivity index (χ1v) is 5.83. The van der Waals surface area contributed by atoms with Crippen LogP contribution in [0.3, 0.4) is 0 Å². The number of benzene rings is 2. The Hall–Kier alpha value is -1.76. The Morgan fingerprint density at radius 3 is 2.24 bits per heavy atom. The second kappa shape index (κ2) is 5.53. The molecule has 0 spiro atoms. The standard InChI is InChI=1S/C16H18O/c1-13(2)15-10-8-14(9-11-15)12-17-16-6-4-3-5-7-16/h3-11,13H,12H2,1-2H3/i12D2. The van der Waals surface area contributed by atoms with E-state index in [1.54, 1.807) is 24.3 Å². The second-order valence-electron chi connectivity index (χ2n) is 4.29. The zero-order valence-electron chi connectivity index (χ0n) is 12.2. The smallest absolute Gasteiger partial charge is 0.119 e. The van der Waals surface area contributed by atoms with Crippen LogP contribution in [0.25, 0.3) is 0 Å². The molecule has 0 saturated carbocycles. The zero-order chi connectivity index (χ0) is 13.9. The van der Waals surface area contributed by atoms with E-state index in [1.807, 2.05) is 30.3 Å². The molecule has 0 aliphatic carbocycles. The van der Waals surface area contributed by atoms with Crippen LogP contribution in [0, 0.1) is 0 Å². The molecule has 0 aliphatic rings. The topological polar surface area (TPSA) is 9.23 Å². The molecule has 2 aromatic carbocycles. The van der Waals surface area contributed by atoms with Crippen molar-refractivity contribution in [2.45, 2.75) is 26.3 Å². The Kier molecular flexibility index (Phi) is 3.02. The van der Waals surface area contributed by atoms with Crippen molar-refractivity contribution < 1.29 is 7.48 Å². The molecule has 0 bridgehead atoms. The highest BCUT2D eigenvalue weighted by Gasteiger charge is 1.99. The average Bonchev–Trinajstić information content (AvgIpc) is 2.39. The van der Waals surface area contributed by atoms with Crippen LogP contribution >= 0.6 is 0 Å². The average molecular weight is 228 g/mol. The summed E-state index contributed by atoms with van der Waals surface area (Å²) in [6, 6.07) is 16.5. The molecule has 0 atom stereocenters. The van der Waals surface area contributed by atoms with Crippen LogP contribution in [0.15, 0.2) is 54.6 Å². The molecule has 1 heteroatoms. The van der Waals surface area contributed by atoms with Crippen molar-refractivity contribution in [3.05, 3.63) is 65.7 Å². The van der Waals surface area contributed by atoms with E-state index in [4.69, 9.17) is 7.48 Å². The Morgan fingerprint density at radius 1 is 1.00 bits per heavy atom. The van der Waals surface area contributed by atoms with E-state index < -0.39 is 6.56 Å². The first-order chi connectivity index (χ1) is 8.99. The van der Waals surface area contributed by atoms with Gasteiger partial charge in [0.15, 0.2) is 0 Å². The third-order valence-electron chi connectivity index (χ3n) is 2.61. The Bertz CT molecular complexity index is 518. The first kappa shape index (κ1) is 9.29. The molecule has 88 valence electrons. The van der Waals surface area contributed by atoms with E-state index in [1.165, 1.54) is 5.56 Å². The molecule has 17 heavy (non-hydrogen) atoms. The minimum Gasteiger partial charge on any atom is -0.489 e. The number of rotatable bonds is 4. The summed E-state index contributed by atoms with van der Waals surface area (Å²) in [5, 5.41) is 0. The van der Waals surface area contributed by atoms with Gasteiger partial charge < -0.3 is 4.74 Å². The quantitative estimate of drug-likeness (QED) is 0.754. The van der Waals surface area contributed by atoms with Crippen LogP contribution in [0.5, 0.6) is 5.75 Å². The van der Waals surface area contributed by atoms with E-state index in [-0.39, 0.29) is 0 Å². The van der Waals surface area contributed by atoms with Gasteiger partial charge in [-0.25, -0.2) is 0 Å². The van der Waals surface area contributed by atoms with Gasteiger partial charge in [-0.1, -0.05) is 56.3 Å². The van der Waals surface area contributed by atoms with E-state index >= 15 is 0 Å². The molecule has 0 unspecified atom stereocenters. The van der Waals surface area contributed by atoms with Crippen molar-refractivity contribution in [1.29, 1.82) is 0 Å². The Morgan fingerprint density at radius 2 is 1.65 bits per heavy atom. The van der Waals surface area contributed by atoms with E-state index in [0.717, 1.165) is 0 Å². The van der Waals surface area contributed by atoms with Crippen molar-refractivity contribution in [1.82, 2.24) is 0 Å². The number of para-hydroxylation sites is 1. The van der Waals surface area contributed by atoms with Gasteiger partial charge in [-0.15, -0.1) is 0 Å². The van der Waals surface area contributed by atoms with Gasteiger partial charge in [-0.05, 0) is 29.2 Å². The highest BCUT2D eigenvalue weighted by atomic mass is 16.5. The molecule has 0 radical (unpaired) electrons. The Balaban J connectivity index is 2.19. The molecular formula is C16H18O. The van der Waals surface area contributed by atoms with Crippen LogP contribution in [-0.4, -0.2) is 0 Å². The molecule has 2 aromatic rings. The summed E-state index contributed by atoms with van der Waals surface area (Å²) in [7, 11) is 0. The summed E-state index contributed by atoms with van der Waals surface area (Å²) in [5.74, 6) is 0.968. The van der Waals surface area contributed by atoms with Crippen LogP contribution in [-0.2, 0) is 6.56 Å². The fourth-order valence-electron chi connectivity index (χ4n) is 1.54. The SMILES string of the molecule is [2H]C([2H])(Oc1ccccc1)c1ccc(C(C)C)cc1. The molecule has 0 saturated heterocycles. The minimum absolute atomic E-state index is 0.440. The molecule has 0 aromatic heterocycles. The van der Waals surface area contributed by atoms with Gasteiger partial charge in [-0.2, -0.15) is 0 Å². The van der Waals surface area contributed by atoms with Crippen molar-refractivity contribution in [3.8, 4) is 5.75 Å².